The van der Waals surface area contributed by atoms with Crippen molar-refractivity contribution in [2.45, 2.75) is 6.54 Å². The number of phenolic OH excluding ortho intramolecular Hbond substituents is 1. The highest BCUT2D eigenvalue weighted by Crippen LogP contribution is 2.25. The molecule has 0 atom stereocenters. The fraction of sp³-hybridized carbons (Fsp3) is 0.0909. The first kappa shape index (κ1) is 23.2. The summed E-state index contributed by atoms with van der Waals surface area (Å²) in [7, 11) is -3.30. The van der Waals surface area contributed by atoms with Crippen LogP contribution in [0.4, 0.5) is 0 Å². The number of ether oxygens (including phenoxy) is 1. The van der Waals surface area contributed by atoms with Crippen molar-refractivity contribution in [3.05, 3.63) is 84.0 Å². The van der Waals surface area contributed by atoms with Crippen LogP contribution in [0.5, 0.6) is 11.5 Å². The zero-order valence-corrected chi connectivity index (χ0v) is 17.6. The fourth-order valence-corrected chi connectivity index (χ4v) is 2.92. The van der Waals surface area contributed by atoms with Gasteiger partial charge in [0.25, 0.3) is 0 Å². The first-order valence-electron chi connectivity index (χ1n) is 9.22. The molecule has 4 rings (SSSR count). The first-order chi connectivity index (χ1) is 15.2. The SMILES string of the molecule is COc1ccc(-c2cc(=[NH+]Cc3cccnc3)c3cc(O)ccc3o2)cc1.[O-][Cl+3]([O-])([O-])[O-]. The lowest BCUT2D eigenvalue weighted by Crippen LogP contribution is -2.75. The smallest absolute Gasteiger partial charge is 0.213 e. The van der Waals surface area contributed by atoms with Crippen molar-refractivity contribution >= 4 is 11.0 Å². The number of benzene rings is 2. The van der Waals surface area contributed by atoms with Crippen LogP contribution in [-0.4, -0.2) is 17.2 Å². The summed E-state index contributed by atoms with van der Waals surface area (Å²) >= 11 is 0. The molecule has 2 aromatic carbocycles. The lowest BCUT2D eigenvalue weighted by Gasteiger charge is -2.17. The van der Waals surface area contributed by atoms with Gasteiger partial charge in [0.05, 0.1) is 18.6 Å². The van der Waals surface area contributed by atoms with Crippen molar-refractivity contribution < 1.29 is 48.1 Å². The average molecular weight is 459 g/mol. The minimum atomic E-state index is -4.94. The molecular formula is C22H19ClN2O7. The van der Waals surface area contributed by atoms with E-state index in [0.717, 1.165) is 33.4 Å². The number of rotatable bonds is 4. The molecule has 10 heteroatoms. The van der Waals surface area contributed by atoms with E-state index in [1.165, 1.54) is 0 Å². The molecule has 0 aliphatic rings. The Bertz CT molecular complexity index is 1230. The number of fused-ring (bicyclic) bond motifs is 1. The van der Waals surface area contributed by atoms with Gasteiger partial charge < -0.3 is 14.3 Å². The molecule has 0 aliphatic heterocycles. The predicted molar refractivity (Wildman–Crippen MR) is 102 cm³/mol. The van der Waals surface area contributed by atoms with Gasteiger partial charge in [0.1, 0.15) is 22.8 Å². The summed E-state index contributed by atoms with van der Waals surface area (Å²) in [5, 5.41) is 11.6. The quantitative estimate of drug-likeness (QED) is 0.343. The van der Waals surface area contributed by atoms with E-state index in [0.29, 0.717) is 12.1 Å². The largest absolute Gasteiger partial charge is 0.508 e. The van der Waals surface area contributed by atoms with Crippen LogP contribution in [0.3, 0.4) is 0 Å². The second-order valence-electron chi connectivity index (χ2n) is 6.53. The molecule has 0 saturated heterocycles. The Morgan fingerprint density at radius 1 is 1.03 bits per heavy atom. The molecule has 0 radical (unpaired) electrons. The van der Waals surface area contributed by atoms with Gasteiger partial charge in [-0.05, 0) is 54.6 Å². The fourth-order valence-electron chi connectivity index (χ4n) is 2.92. The van der Waals surface area contributed by atoms with Crippen molar-refractivity contribution in [1.29, 1.82) is 0 Å². The third-order valence-electron chi connectivity index (χ3n) is 4.33. The Morgan fingerprint density at radius 2 is 1.75 bits per heavy atom. The lowest BCUT2D eigenvalue weighted by atomic mass is 10.1. The van der Waals surface area contributed by atoms with Crippen LogP contribution in [-0.2, 0) is 6.54 Å². The van der Waals surface area contributed by atoms with Gasteiger partial charge >= 0.3 is 0 Å². The van der Waals surface area contributed by atoms with Crippen LogP contribution in [0.2, 0.25) is 0 Å². The summed E-state index contributed by atoms with van der Waals surface area (Å²) in [6.45, 7) is 0.616. The summed E-state index contributed by atoms with van der Waals surface area (Å²) in [4.78, 5) is 7.57. The highest BCUT2D eigenvalue weighted by atomic mass is 35.7. The van der Waals surface area contributed by atoms with E-state index < -0.39 is 10.2 Å². The highest BCUT2D eigenvalue weighted by Gasteiger charge is 2.10. The second kappa shape index (κ2) is 10.2. The number of phenols is 1. The van der Waals surface area contributed by atoms with Crippen LogP contribution in [0.25, 0.3) is 22.3 Å². The maximum Gasteiger partial charge on any atom is 0.213 e. The number of halogens is 1. The molecule has 2 aromatic heterocycles. The van der Waals surface area contributed by atoms with E-state index >= 15 is 0 Å². The topological polar surface area (TPSA) is 162 Å². The molecule has 0 fully saturated rings. The number of pyridine rings is 1. The summed E-state index contributed by atoms with van der Waals surface area (Å²) < 4.78 is 45.3. The van der Waals surface area contributed by atoms with E-state index in [1.54, 1.807) is 31.5 Å². The number of nitrogens with zero attached hydrogens (tertiary/aromatic N) is 1. The molecule has 4 aromatic rings. The zero-order valence-electron chi connectivity index (χ0n) is 16.9. The third kappa shape index (κ3) is 6.77. The van der Waals surface area contributed by atoms with Gasteiger partial charge in [-0.25, -0.2) is 23.6 Å². The molecule has 2 heterocycles. The summed E-state index contributed by atoms with van der Waals surface area (Å²) in [5.74, 6) is 1.71. The monoisotopic (exact) mass is 458 g/mol. The maximum absolute atomic E-state index is 9.89. The number of methoxy groups -OCH3 is 1. The van der Waals surface area contributed by atoms with Gasteiger partial charge in [-0.15, -0.1) is 10.2 Å². The second-order valence-corrected chi connectivity index (χ2v) is 7.28. The standard InChI is InChI=1S/C22H18N2O3.ClHO4/c1-26-18-7-4-16(5-8-18)22-12-20(24-14-15-3-2-10-23-13-15)19-11-17(25)6-9-21(19)27-22;2-1(3,4)5/h2-13,25H,14H2,1H3;(H,2,3,4,5). The molecule has 0 spiro atoms. The molecule has 0 unspecified atom stereocenters. The van der Waals surface area contributed by atoms with Crippen LogP contribution in [0.15, 0.2) is 77.5 Å². The van der Waals surface area contributed by atoms with Crippen molar-refractivity contribution in [2.24, 2.45) is 0 Å². The molecule has 166 valence electrons. The molecular weight excluding hydrogens is 440 g/mol. The van der Waals surface area contributed by atoms with Crippen LogP contribution >= 0.6 is 0 Å². The Morgan fingerprint density at radius 3 is 2.38 bits per heavy atom. The van der Waals surface area contributed by atoms with Crippen molar-refractivity contribution in [2.75, 3.05) is 7.11 Å². The molecule has 0 aliphatic carbocycles. The van der Waals surface area contributed by atoms with Crippen molar-refractivity contribution in [3.63, 3.8) is 0 Å². The van der Waals surface area contributed by atoms with Gasteiger partial charge in [-0.1, -0.05) is 0 Å². The molecule has 2 N–H and O–H groups in total. The lowest BCUT2D eigenvalue weighted by molar-refractivity contribution is -2.00. The van der Waals surface area contributed by atoms with E-state index in [2.05, 4.69) is 9.98 Å². The summed E-state index contributed by atoms with van der Waals surface area (Å²) in [5.41, 5.74) is 2.70. The van der Waals surface area contributed by atoms with E-state index in [1.807, 2.05) is 48.7 Å². The van der Waals surface area contributed by atoms with Crippen LogP contribution in [0.1, 0.15) is 5.56 Å². The van der Waals surface area contributed by atoms with Gasteiger partial charge in [0.15, 0.2) is 6.54 Å². The predicted octanol–water partition coefficient (Wildman–Crippen LogP) is -2.37. The van der Waals surface area contributed by atoms with Crippen LogP contribution < -0.4 is 33.7 Å². The summed E-state index contributed by atoms with van der Waals surface area (Å²) in [6.07, 6.45) is 3.57. The summed E-state index contributed by atoms with van der Waals surface area (Å²) in [6, 6.07) is 18.7. The average Bonchev–Trinajstić information content (AvgIpc) is 2.77. The van der Waals surface area contributed by atoms with Crippen LogP contribution in [0, 0.1) is 10.2 Å². The minimum absolute atomic E-state index is 0.194. The highest BCUT2D eigenvalue weighted by molar-refractivity contribution is 5.79. The minimum Gasteiger partial charge on any atom is -0.508 e. The number of aromatic nitrogens is 1. The number of hydrogen-bond acceptors (Lipinski definition) is 8. The zero-order chi connectivity index (χ0) is 23.1. The Balaban J connectivity index is 0.000000523. The Kier molecular flexibility index (Phi) is 7.41. The maximum atomic E-state index is 9.89. The number of hydrogen-bond donors (Lipinski definition) is 2. The number of nitrogens with one attached hydrogen (secondary N) is 1. The van der Waals surface area contributed by atoms with Gasteiger partial charge in [0.2, 0.25) is 5.36 Å². The van der Waals surface area contributed by atoms with Gasteiger partial charge in [0, 0.05) is 23.5 Å². The molecule has 9 nitrogen and oxygen atoms in total. The van der Waals surface area contributed by atoms with Crippen molar-refractivity contribution in [3.8, 4) is 22.8 Å². The Labute approximate surface area is 184 Å². The normalized spacial score (nSPS) is 11.7. The first-order valence-corrected chi connectivity index (χ1v) is 10.5. The Hall–Kier alpha value is -3.47. The molecule has 32 heavy (non-hydrogen) atoms. The third-order valence-corrected chi connectivity index (χ3v) is 4.33. The molecule has 0 amide bonds. The van der Waals surface area contributed by atoms with E-state index in [9.17, 15) is 5.11 Å². The van der Waals surface area contributed by atoms with Gasteiger partial charge in [-0.2, -0.15) is 0 Å². The van der Waals surface area contributed by atoms with E-state index in [4.69, 9.17) is 27.8 Å². The van der Waals surface area contributed by atoms with E-state index in [-0.39, 0.29) is 5.75 Å². The van der Waals surface area contributed by atoms with Gasteiger partial charge in [-0.3, -0.25) is 4.98 Å². The molecule has 0 saturated carbocycles. The molecule has 0 bridgehead atoms. The number of aromatic hydroxyl groups is 1. The van der Waals surface area contributed by atoms with Crippen molar-refractivity contribution in [1.82, 2.24) is 4.98 Å².